The summed E-state index contributed by atoms with van der Waals surface area (Å²) in [4.78, 5) is 3.61. The van der Waals surface area contributed by atoms with Crippen LogP contribution in [0.3, 0.4) is 0 Å². The van der Waals surface area contributed by atoms with Gasteiger partial charge >= 0.3 is 0 Å². The maximum absolute atomic E-state index is 4.21. The second-order valence-electron chi connectivity index (χ2n) is 6.15. The molecule has 0 atom stereocenters. The lowest BCUT2D eigenvalue weighted by atomic mass is 10.1. The summed E-state index contributed by atoms with van der Waals surface area (Å²) in [6.07, 6.45) is 0. The molecule has 0 aromatic carbocycles. The van der Waals surface area contributed by atoms with Crippen molar-refractivity contribution in [3.63, 3.8) is 0 Å². The van der Waals surface area contributed by atoms with Gasteiger partial charge in [-0.15, -0.1) is 5.10 Å². The summed E-state index contributed by atoms with van der Waals surface area (Å²) in [6, 6.07) is 0. The van der Waals surface area contributed by atoms with E-state index < -0.39 is 0 Å². The van der Waals surface area contributed by atoms with Gasteiger partial charge in [0.1, 0.15) is 0 Å². The van der Waals surface area contributed by atoms with Gasteiger partial charge in [0.05, 0.1) is 10.6 Å². The minimum atomic E-state index is 0.190. The predicted octanol–water partition coefficient (Wildman–Crippen LogP) is 2.48. The van der Waals surface area contributed by atoms with E-state index in [1.807, 2.05) is 0 Å². The number of rotatable bonds is 6. The number of nitrogens with zero attached hydrogens (tertiary/aromatic N) is 3. The fraction of sp³-hybridized carbons (Fsp3) is 0.846. The standard InChI is InChI=1S/C13H26N4S/c1-10(2)12-11(18-16-15-12)9-17(6)8-7-14-13(3,4)5/h10,14H,7-9H2,1-6H3. The highest BCUT2D eigenvalue weighted by Gasteiger charge is 2.14. The Kier molecular flexibility index (Phi) is 5.69. The van der Waals surface area contributed by atoms with Crippen LogP contribution in [0.4, 0.5) is 0 Å². The van der Waals surface area contributed by atoms with Gasteiger partial charge in [0, 0.05) is 25.2 Å². The second kappa shape index (κ2) is 6.59. The van der Waals surface area contributed by atoms with Gasteiger partial charge in [0.2, 0.25) is 0 Å². The molecular formula is C13H26N4S. The molecule has 5 heteroatoms. The molecule has 18 heavy (non-hydrogen) atoms. The quantitative estimate of drug-likeness (QED) is 0.862. The summed E-state index contributed by atoms with van der Waals surface area (Å²) in [7, 11) is 2.15. The van der Waals surface area contributed by atoms with E-state index in [2.05, 4.69) is 61.5 Å². The lowest BCUT2D eigenvalue weighted by Crippen LogP contribution is -2.40. The number of aromatic nitrogens is 2. The first-order chi connectivity index (χ1) is 8.29. The highest BCUT2D eigenvalue weighted by Crippen LogP contribution is 2.20. The molecule has 0 amide bonds. The minimum absolute atomic E-state index is 0.190. The van der Waals surface area contributed by atoms with Crippen molar-refractivity contribution in [1.29, 1.82) is 0 Å². The Hall–Kier alpha value is -0.520. The molecule has 0 aliphatic heterocycles. The molecule has 104 valence electrons. The fourth-order valence-corrected chi connectivity index (χ4v) is 2.59. The third kappa shape index (κ3) is 5.42. The highest BCUT2D eigenvalue weighted by molar-refractivity contribution is 7.05. The molecule has 1 heterocycles. The zero-order valence-corrected chi connectivity index (χ0v) is 13.3. The normalized spacial score (nSPS) is 12.7. The van der Waals surface area contributed by atoms with Crippen LogP contribution in [0.1, 0.15) is 51.1 Å². The van der Waals surface area contributed by atoms with Crippen LogP contribution >= 0.6 is 11.5 Å². The Morgan fingerprint density at radius 2 is 2.00 bits per heavy atom. The predicted molar refractivity (Wildman–Crippen MR) is 78.1 cm³/mol. The molecule has 0 aliphatic carbocycles. The van der Waals surface area contributed by atoms with Crippen molar-refractivity contribution in [2.75, 3.05) is 20.1 Å². The molecule has 4 nitrogen and oxygen atoms in total. The van der Waals surface area contributed by atoms with Crippen LogP contribution < -0.4 is 5.32 Å². The zero-order chi connectivity index (χ0) is 13.8. The number of hydrogen-bond donors (Lipinski definition) is 1. The Morgan fingerprint density at radius 3 is 2.56 bits per heavy atom. The summed E-state index contributed by atoms with van der Waals surface area (Å²) in [6.45, 7) is 13.9. The molecule has 1 rings (SSSR count). The Labute approximate surface area is 115 Å². The molecule has 0 radical (unpaired) electrons. The average Bonchev–Trinajstić information content (AvgIpc) is 2.63. The lowest BCUT2D eigenvalue weighted by Gasteiger charge is -2.23. The Balaban J connectivity index is 2.40. The van der Waals surface area contributed by atoms with Gasteiger partial charge in [0.25, 0.3) is 0 Å². The summed E-state index contributed by atoms with van der Waals surface area (Å²) in [5, 5.41) is 7.71. The van der Waals surface area contributed by atoms with Gasteiger partial charge in [-0.2, -0.15) is 0 Å². The maximum atomic E-state index is 4.21. The zero-order valence-electron chi connectivity index (χ0n) is 12.4. The van der Waals surface area contributed by atoms with E-state index in [1.54, 1.807) is 0 Å². The van der Waals surface area contributed by atoms with Gasteiger partial charge in [-0.3, -0.25) is 4.90 Å². The average molecular weight is 270 g/mol. The summed E-state index contributed by atoms with van der Waals surface area (Å²) < 4.78 is 4.07. The van der Waals surface area contributed by atoms with Crippen LogP contribution in [-0.2, 0) is 6.54 Å². The van der Waals surface area contributed by atoms with E-state index in [9.17, 15) is 0 Å². The summed E-state index contributed by atoms with van der Waals surface area (Å²) in [5.74, 6) is 0.458. The van der Waals surface area contributed by atoms with Crippen LogP contribution in [0, 0.1) is 0 Å². The molecule has 0 saturated heterocycles. The first-order valence-electron chi connectivity index (χ1n) is 6.54. The van der Waals surface area contributed by atoms with Gasteiger partial charge in [-0.25, -0.2) is 0 Å². The number of nitrogens with one attached hydrogen (secondary N) is 1. The Morgan fingerprint density at radius 1 is 1.33 bits per heavy atom. The molecule has 1 aromatic heterocycles. The van der Waals surface area contributed by atoms with Gasteiger partial charge in [-0.05, 0) is 45.3 Å². The summed E-state index contributed by atoms with van der Waals surface area (Å²) in [5.41, 5.74) is 1.34. The Bertz CT molecular complexity index is 354. The third-order valence-corrected chi connectivity index (χ3v) is 3.42. The second-order valence-corrected chi connectivity index (χ2v) is 6.99. The van der Waals surface area contributed by atoms with E-state index in [0.717, 1.165) is 25.3 Å². The van der Waals surface area contributed by atoms with Gasteiger partial charge < -0.3 is 5.32 Å². The SMILES string of the molecule is CC(C)c1nnsc1CN(C)CCNC(C)(C)C. The molecule has 0 fully saturated rings. The summed E-state index contributed by atoms with van der Waals surface area (Å²) >= 11 is 1.52. The van der Waals surface area contributed by atoms with E-state index in [0.29, 0.717) is 5.92 Å². The van der Waals surface area contributed by atoms with E-state index in [4.69, 9.17) is 0 Å². The topological polar surface area (TPSA) is 41.1 Å². The first kappa shape index (κ1) is 15.5. The van der Waals surface area contributed by atoms with Crippen LogP contribution in [0.5, 0.6) is 0 Å². The lowest BCUT2D eigenvalue weighted by molar-refractivity contribution is 0.304. The number of likely N-dealkylation sites (N-methyl/N-ethyl adjacent to an activating group) is 1. The molecule has 1 aromatic rings. The fourth-order valence-electron chi connectivity index (χ4n) is 1.71. The van der Waals surface area contributed by atoms with Crippen LogP contribution in [0.25, 0.3) is 0 Å². The minimum Gasteiger partial charge on any atom is -0.311 e. The molecule has 0 spiro atoms. The van der Waals surface area contributed by atoms with Crippen LogP contribution in [0.15, 0.2) is 0 Å². The monoisotopic (exact) mass is 270 g/mol. The van der Waals surface area contributed by atoms with Crippen molar-refractivity contribution in [3.05, 3.63) is 10.6 Å². The molecule has 0 unspecified atom stereocenters. The van der Waals surface area contributed by atoms with E-state index in [1.165, 1.54) is 16.4 Å². The van der Waals surface area contributed by atoms with E-state index >= 15 is 0 Å². The molecular weight excluding hydrogens is 244 g/mol. The van der Waals surface area contributed by atoms with Crippen molar-refractivity contribution in [3.8, 4) is 0 Å². The van der Waals surface area contributed by atoms with Crippen molar-refractivity contribution < 1.29 is 0 Å². The molecule has 0 aliphatic rings. The van der Waals surface area contributed by atoms with E-state index in [-0.39, 0.29) is 5.54 Å². The van der Waals surface area contributed by atoms with Crippen LogP contribution in [0.2, 0.25) is 0 Å². The molecule has 0 saturated carbocycles. The number of hydrogen-bond acceptors (Lipinski definition) is 5. The highest BCUT2D eigenvalue weighted by atomic mass is 32.1. The van der Waals surface area contributed by atoms with Crippen molar-refractivity contribution in [2.45, 2.75) is 52.6 Å². The van der Waals surface area contributed by atoms with Crippen molar-refractivity contribution in [1.82, 2.24) is 19.8 Å². The smallest absolute Gasteiger partial charge is 0.0826 e. The van der Waals surface area contributed by atoms with Gasteiger partial charge in [0.15, 0.2) is 0 Å². The maximum Gasteiger partial charge on any atom is 0.0826 e. The van der Waals surface area contributed by atoms with Crippen molar-refractivity contribution >= 4 is 11.5 Å². The van der Waals surface area contributed by atoms with Gasteiger partial charge in [-0.1, -0.05) is 18.3 Å². The molecule has 1 N–H and O–H groups in total. The molecule has 0 bridgehead atoms. The van der Waals surface area contributed by atoms with Crippen LogP contribution in [-0.4, -0.2) is 40.2 Å². The third-order valence-electron chi connectivity index (χ3n) is 2.69. The largest absolute Gasteiger partial charge is 0.311 e. The van der Waals surface area contributed by atoms with Crippen molar-refractivity contribution in [2.24, 2.45) is 0 Å². The first-order valence-corrected chi connectivity index (χ1v) is 7.31.